The van der Waals surface area contributed by atoms with Gasteiger partial charge >= 0.3 is 6.36 Å². The number of nitrogens with zero attached hydrogens (tertiary/aromatic N) is 2. The van der Waals surface area contributed by atoms with Crippen molar-refractivity contribution < 1.29 is 17.9 Å². The molecule has 0 atom stereocenters. The molecule has 0 saturated heterocycles. The van der Waals surface area contributed by atoms with E-state index in [-0.39, 0.29) is 11.3 Å². The van der Waals surface area contributed by atoms with Crippen LogP contribution in [0.5, 0.6) is 5.75 Å². The van der Waals surface area contributed by atoms with Crippen molar-refractivity contribution in [2.45, 2.75) is 20.2 Å². The Hall–Kier alpha value is -1.77. The van der Waals surface area contributed by atoms with Gasteiger partial charge in [0, 0.05) is 11.8 Å². The maximum absolute atomic E-state index is 12.0. The molecule has 1 heterocycles. The normalized spacial score (nSPS) is 10.9. The number of nitriles is 1. The zero-order chi connectivity index (χ0) is 11.6. The van der Waals surface area contributed by atoms with Gasteiger partial charge in [0.15, 0.2) is 5.75 Å². The molecule has 0 amide bonds. The molecule has 0 unspecified atom stereocenters. The zero-order valence-corrected chi connectivity index (χ0v) is 8.01. The van der Waals surface area contributed by atoms with Gasteiger partial charge in [-0.05, 0) is 13.8 Å². The van der Waals surface area contributed by atoms with Crippen LogP contribution in [0.25, 0.3) is 0 Å². The summed E-state index contributed by atoms with van der Waals surface area (Å²) in [6, 6.07) is 2.71. The molecule has 1 aromatic rings. The summed E-state index contributed by atoms with van der Waals surface area (Å²) in [7, 11) is 0. The number of aryl methyl sites for hydroxylation is 2. The van der Waals surface area contributed by atoms with E-state index in [1.54, 1.807) is 6.07 Å². The van der Waals surface area contributed by atoms with E-state index in [2.05, 4.69) is 9.72 Å². The molecule has 0 aliphatic rings. The molecule has 80 valence electrons. The van der Waals surface area contributed by atoms with Crippen LogP contribution in [0.2, 0.25) is 0 Å². The summed E-state index contributed by atoms with van der Waals surface area (Å²) in [5.74, 6) is -0.505. The molecule has 0 saturated carbocycles. The first-order valence-electron chi connectivity index (χ1n) is 3.97. The number of halogens is 3. The van der Waals surface area contributed by atoms with Gasteiger partial charge in [-0.15, -0.1) is 13.2 Å². The van der Waals surface area contributed by atoms with Crippen LogP contribution in [0.1, 0.15) is 17.0 Å². The van der Waals surface area contributed by atoms with Crippen LogP contribution in [-0.2, 0) is 0 Å². The van der Waals surface area contributed by atoms with E-state index in [0.717, 1.165) is 6.07 Å². The molecule has 0 radical (unpaired) electrons. The third-order valence-electron chi connectivity index (χ3n) is 1.63. The minimum absolute atomic E-state index is 0.196. The summed E-state index contributed by atoms with van der Waals surface area (Å²) in [4.78, 5) is 3.87. The molecular weight excluding hydrogens is 209 g/mol. The highest BCUT2D eigenvalue weighted by molar-refractivity contribution is 5.46. The predicted molar refractivity (Wildman–Crippen MR) is 45.1 cm³/mol. The highest BCUT2D eigenvalue weighted by atomic mass is 19.4. The van der Waals surface area contributed by atoms with Crippen LogP contribution < -0.4 is 4.74 Å². The lowest BCUT2D eigenvalue weighted by molar-refractivity contribution is -0.274. The third-order valence-corrected chi connectivity index (χ3v) is 1.63. The molecule has 15 heavy (non-hydrogen) atoms. The molecule has 0 fully saturated rings. The van der Waals surface area contributed by atoms with E-state index >= 15 is 0 Å². The van der Waals surface area contributed by atoms with Crippen LogP contribution in [-0.4, -0.2) is 11.3 Å². The Morgan fingerprint density at radius 2 is 2.00 bits per heavy atom. The fraction of sp³-hybridized carbons (Fsp3) is 0.333. The Balaban J connectivity index is 3.23. The van der Waals surface area contributed by atoms with Crippen molar-refractivity contribution >= 4 is 0 Å². The smallest absolute Gasteiger partial charge is 0.404 e. The lowest BCUT2D eigenvalue weighted by atomic mass is 10.2. The third kappa shape index (κ3) is 2.84. The summed E-state index contributed by atoms with van der Waals surface area (Å²) in [6.07, 6.45) is -4.80. The van der Waals surface area contributed by atoms with E-state index in [1.165, 1.54) is 13.8 Å². The van der Waals surface area contributed by atoms with Crippen molar-refractivity contribution in [3.05, 3.63) is 23.0 Å². The average molecular weight is 216 g/mol. The van der Waals surface area contributed by atoms with Gasteiger partial charge < -0.3 is 4.74 Å². The van der Waals surface area contributed by atoms with Crippen LogP contribution in [0.3, 0.4) is 0 Å². The Morgan fingerprint density at radius 3 is 2.47 bits per heavy atom. The highest BCUT2D eigenvalue weighted by Gasteiger charge is 2.32. The second-order valence-electron chi connectivity index (χ2n) is 2.88. The molecule has 3 nitrogen and oxygen atoms in total. The average Bonchev–Trinajstić information content (AvgIpc) is 1.99. The lowest BCUT2D eigenvalue weighted by Gasteiger charge is -2.11. The largest absolute Gasteiger partial charge is 0.573 e. The highest BCUT2D eigenvalue weighted by Crippen LogP contribution is 2.27. The molecule has 0 aliphatic heterocycles. The minimum atomic E-state index is -4.80. The van der Waals surface area contributed by atoms with Crippen LogP contribution >= 0.6 is 0 Å². The topological polar surface area (TPSA) is 45.9 Å². The molecule has 0 N–H and O–H groups in total. The van der Waals surface area contributed by atoms with Crippen molar-refractivity contribution in [1.82, 2.24) is 4.98 Å². The van der Waals surface area contributed by atoms with Gasteiger partial charge in [-0.2, -0.15) is 5.26 Å². The van der Waals surface area contributed by atoms with Gasteiger partial charge in [0.1, 0.15) is 11.6 Å². The van der Waals surface area contributed by atoms with Crippen molar-refractivity contribution in [3.8, 4) is 11.8 Å². The second kappa shape index (κ2) is 3.77. The van der Waals surface area contributed by atoms with Gasteiger partial charge in [-0.25, -0.2) is 0 Å². The molecule has 0 aromatic carbocycles. The van der Waals surface area contributed by atoms with Crippen molar-refractivity contribution in [2.75, 3.05) is 0 Å². The first kappa shape index (κ1) is 11.3. The molecule has 0 spiro atoms. The van der Waals surface area contributed by atoms with Crippen LogP contribution in [0.15, 0.2) is 6.07 Å². The van der Waals surface area contributed by atoms with E-state index in [4.69, 9.17) is 5.26 Å². The zero-order valence-electron chi connectivity index (χ0n) is 8.01. The number of hydrogen-bond acceptors (Lipinski definition) is 3. The Labute approximate surface area is 84.1 Å². The molecular formula is C9H7F3N2O. The molecule has 1 aromatic heterocycles. The van der Waals surface area contributed by atoms with Gasteiger partial charge in [0.05, 0.1) is 5.69 Å². The van der Waals surface area contributed by atoms with Crippen LogP contribution in [0.4, 0.5) is 13.2 Å². The van der Waals surface area contributed by atoms with E-state index in [9.17, 15) is 13.2 Å². The number of alkyl halides is 3. The maximum atomic E-state index is 12.0. The minimum Gasteiger partial charge on any atom is -0.404 e. The summed E-state index contributed by atoms with van der Waals surface area (Å²) < 4.78 is 39.6. The SMILES string of the molecule is Cc1cc(OC(F)(F)F)c(C#N)c(C)n1. The number of ether oxygens (including phenoxy) is 1. The van der Waals surface area contributed by atoms with Gasteiger partial charge in [0.2, 0.25) is 0 Å². The molecule has 6 heteroatoms. The number of rotatable bonds is 1. The number of hydrogen-bond donors (Lipinski definition) is 0. The molecule has 1 rings (SSSR count). The van der Waals surface area contributed by atoms with Gasteiger partial charge in [0.25, 0.3) is 0 Å². The molecule has 0 aliphatic carbocycles. The fourth-order valence-electron chi connectivity index (χ4n) is 1.13. The van der Waals surface area contributed by atoms with Crippen LogP contribution in [0, 0.1) is 25.2 Å². The molecule has 0 bridgehead atoms. The quantitative estimate of drug-likeness (QED) is 0.724. The summed E-state index contributed by atoms with van der Waals surface area (Å²) in [5.41, 5.74) is 0.389. The van der Waals surface area contributed by atoms with E-state index < -0.39 is 12.1 Å². The standard InChI is InChI=1S/C9H7F3N2O/c1-5-3-8(15-9(10,11)12)7(4-13)6(2)14-5/h3H,1-2H3. The first-order valence-corrected chi connectivity index (χ1v) is 3.97. The maximum Gasteiger partial charge on any atom is 0.573 e. The van der Waals surface area contributed by atoms with Crippen molar-refractivity contribution in [2.24, 2.45) is 0 Å². The predicted octanol–water partition coefficient (Wildman–Crippen LogP) is 2.47. The monoisotopic (exact) mass is 216 g/mol. The second-order valence-corrected chi connectivity index (χ2v) is 2.88. The number of pyridine rings is 1. The number of aromatic nitrogens is 1. The summed E-state index contributed by atoms with van der Waals surface area (Å²) >= 11 is 0. The fourth-order valence-corrected chi connectivity index (χ4v) is 1.13. The summed E-state index contributed by atoms with van der Waals surface area (Å²) in [6.45, 7) is 2.98. The Morgan fingerprint density at radius 1 is 1.40 bits per heavy atom. The van der Waals surface area contributed by atoms with Crippen molar-refractivity contribution in [3.63, 3.8) is 0 Å². The van der Waals surface area contributed by atoms with Gasteiger partial charge in [-0.3, -0.25) is 4.98 Å². The summed E-state index contributed by atoms with van der Waals surface area (Å²) in [5, 5.41) is 8.65. The Kier molecular flexibility index (Phi) is 2.84. The Bertz CT molecular complexity index is 421. The van der Waals surface area contributed by atoms with Crippen molar-refractivity contribution in [1.29, 1.82) is 5.26 Å². The first-order chi connectivity index (χ1) is 6.83. The van der Waals surface area contributed by atoms with E-state index in [0.29, 0.717) is 5.69 Å². The van der Waals surface area contributed by atoms with Gasteiger partial charge in [-0.1, -0.05) is 0 Å². The lowest BCUT2D eigenvalue weighted by Crippen LogP contribution is -2.18. The van der Waals surface area contributed by atoms with E-state index in [1.807, 2.05) is 0 Å².